The molecule has 1 aromatic carbocycles. The quantitative estimate of drug-likeness (QED) is 0.576. The molecule has 3 nitrogen and oxygen atoms in total. The number of benzene rings is 1. The van der Waals surface area contributed by atoms with Crippen LogP contribution in [0.15, 0.2) is 30.8 Å². The minimum Gasteiger partial charge on any atom is -1.00 e. The molecular formula is C8H9CaO3S-. The summed E-state index contributed by atoms with van der Waals surface area (Å²) in [5.74, 6) is 0.300. The van der Waals surface area contributed by atoms with Gasteiger partial charge in [-0.15, -0.1) is 0 Å². The van der Waals surface area contributed by atoms with Crippen LogP contribution in [-0.2, 0) is 11.4 Å². The molecule has 0 aromatic heterocycles. The molecule has 1 aromatic rings. The molecule has 0 heterocycles. The summed E-state index contributed by atoms with van der Waals surface area (Å²) in [5.41, 5.74) is 0.916. The van der Waals surface area contributed by atoms with Crippen molar-refractivity contribution in [2.24, 2.45) is 0 Å². The van der Waals surface area contributed by atoms with Gasteiger partial charge in [-0.05, 0) is 17.7 Å². The number of hydrogen-bond acceptors (Lipinski definition) is 3. The topological polar surface area (TPSA) is 49.4 Å². The molecule has 0 aliphatic heterocycles. The van der Waals surface area contributed by atoms with Crippen molar-refractivity contribution in [2.75, 3.05) is 0 Å². The fourth-order valence-corrected chi connectivity index (χ4v) is 1.01. The Morgan fingerprint density at radius 1 is 1.46 bits per heavy atom. The van der Waals surface area contributed by atoms with Crippen LogP contribution >= 0.6 is 0 Å². The summed E-state index contributed by atoms with van der Waals surface area (Å²) in [6.07, 6.45) is 1.66. The second kappa shape index (κ2) is 6.56. The van der Waals surface area contributed by atoms with Crippen LogP contribution in [0.25, 0.3) is 6.08 Å². The van der Waals surface area contributed by atoms with Crippen molar-refractivity contribution in [2.45, 2.75) is 0 Å². The maximum Gasteiger partial charge on any atom is 2.00 e. The first-order chi connectivity index (χ1) is 5.72. The van der Waals surface area contributed by atoms with Crippen LogP contribution in [0.5, 0.6) is 5.75 Å². The van der Waals surface area contributed by atoms with Crippen molar-refractivity contribution in [3.63, 3.8) is 0 Å². The molecule has 0 spiro atoms. The van der Waals surface area contributed by atoms with Crippen LogP contribution < -0.4 is 4.18 Å². The van der Waals surface area contributed by atoms with Gasteiger partial charge in [0.15, 0.2) is 0 Å². The molecule has 0 aliphatic rings. The molecule has 0 saturated heterocycles. The van der Waals surface area contributed by atoms with E-state index in [0.717, 1.165) is 5.56 Å². The summed E-state index contributed by atoms with van der Waals surface area (Å²) in [4.78, 5) is 0. The van der Waals surface area contributed by atoms with Crippen molar-refractivity contribution in [1.82, 2.24) is 0 Å². The minimum absolute atomic E-state index is 0. The zero-order valence-electron chi connectivity index (χ0n) is 8.93. The minimum atomic E-state index is -2.50. The Labute approximate surface area is 112 Å². The fraction of sp³-hybridized carbons (Fsp3) is 0. The van der Waals surface area contributed by atoms with Crippen LogP contribution in [0.3, 0.4) is 0 Å². The first-order valence-corrected chi connectivity index (χ1v) is 4.22. The second-order valence-corrected chi connectivity index (χ2v) is 2.64. The number of hydrogen-bond donors (Lipinski definition) is 0. The van der Waals surface area contributed by atoms with Crippen molar-refractivity contribution >= 4 is 55.2 Å². The first-order valence-electron chi connectivity index (χ1n) is 3.22. The molecule has 1 atom stereocenters. The predicted octanol–water partition coefficient (Wildman–Crippen LogP) is 1.35. The van der Waals surface area contributed by atoms with Gasteiger partial charge in [0, 0.05) is 0 Å². The third kappa shape index (κ3) is 4.78. The molecule has 1 rings (SSSR count). The second-order valence-electron chi connectivity index (χ2n) is 2.06. The molecule has 13 heavy (non-hydrogen) atoms. The molecule has 0 N–H and O–H groups in total. The molecule has 0 saturated carbocycles. The van der Waals surface area contributed by atoms with E-state index < -0.39 is 11.4 Å². The van der Waals surface area contributed by atoms with Gasteiger partial charge < -0.3 is 11.6 Å². The van der Waals surface area contributed by atoms with Crippen LogP contribution in [-0.4, -0.2) is 46.5 Å². The number of rotatable bonds is 3. The summed E-state index contributed by atoms with van der Waals surface area (Å²) in [7, 11) is 0. The average Bonchev–Trinajstić information content (AvgIpc) is 2.05. The Hall–Kier alpha value is 0.130. The molecule has 0 fully saturated rings. The summed E-state index contributed by atoms with van der Waals surface area (Å²) in [5, 5.41) is 0. The maximum absolute atomic E-state index is 10.1. The smallest absolute Gasteiger partial charge is 1.00 e. The molecule has 0 aliphatic carbocycles. The predicted molar refractivity (Wildman–Crippen MR) is 54.1 cm³/mol. The van der Waals surface area contributed by atoms with E-state index in [1.807, 2.05) is 0 Å². The largest absolute Gasteiger partial charge is 2.00 e. The Morgan fingerprint density at radius 2 is 2.00 bits per heavy atom. The monoisotopic (exact) mass is 225 g/mol. The molecule has 1 unspecified atom stereocenters. The van der Waals surface area contributed by atoms with Gasteiger partial charge in [-0.25, -0.2) is 4.21 Å². The van der Waals surface area contributed by atoms with Gasteiger partial charge in [0.2, 0.25) is 0 Å². The molecule has 0 radical (unpaired) electrons. The van der Waals surface area contributed by atoms with Gasteiger partial charge >= 0.3 is 37.7 Å². The van der Waals surface area contributed by atoms with Gasteiger partial charge in [-0.1, -0.05) is 24.8 Å². The molecule has 5 heteroatoms. The zero-order chi connectivity index (χ0) is 8.97. The van der Waals surface area contributed by atoms with Crippen LogP contribution in [0, 0.1) is 0 Å². The molecule has 0 bridgehead atoms. The normalized spacial score (nSPS) is 11.2. The first kappa shape index (κ1) is 13.1. The van der Waals surface area contributed by atoms with E-state index in [1.165, 1.54) is 0 Å². The summed E-state index contributed by atoms with van der Waals surface area (Å²) in [6.45, 7) is 3.56. The van der Waals surface area contributed by atoms with E-state index in [9.17, 15) is 8.76 Å². The zero-order valence-corrected chi connectivity index (χ0v) is 9.96. The van der Waals surface area contributed by atoms with Gasteiger partial charge in [0.1, 0.15) is 17.1 Å². The van der Waals surface area contributed by atoms with Crippen LogP contribution in [0.1, 0.15) is 8.42 Å². The van der Waals surface area contributed by atoms with Crippen molar-refractivity contribution in [3.05, 3.63) is 36.4 Å². The summed E-state index contributed by atoms with van der Waals surface area (Å²) >= 11 is -2.50. The molecule has 0 amide bonds. The van der Waals surface area contributed by atoms with E-state index in [0.29, 0.717) is 5.75 Å². The Kier molecular flexibility index (Phi) is 6.63. The third-order valence-electron chi connectivity index (χ3n) is 1.28. The van der Waals surface area contributed by atoms with Gasteiger partial charge in [-0.2, -0.15) is 0 Å². The van der Waals surface area contributed by atoms with E-state index in [2.05, 4.69) is 10.8 Å². The van der Waals surface area contributed by atoms with Gasteiger partial charge in [0.25, 0.3) is 0 Å². The van der Waals surface area contributed by atoms with Crippen LogP contribution in [0.2, 0.25) is 0 Å². The van der Waals surface area contributed by atoms with E-state index in [4.69, 9.17) is 0 Å². The van der Waals surface area contributed by atoms with E-state index in [1.54, 1.807) is 30.3 Å². The van der Waals surface area contributed by atoms with Crippen molar-refractivity contribution in [3.8, 4) is 5.75 Å². The van der Waals surface area contributed by atoms with Crippen molar-refractivity contribution < 1.29 is 15.8 Å². The Balaban J connectivity index is -0.000000480. The van der Waals surface area contributed by atoms with E-state index >= 15 is 0 Å². The summed E-state index contributed by atoms with van der Waals surface area (Å²) in [6, 6.07) is 6.56. The maximum atomic E-state index is 10.1. The van der Waals surface area contributed by atoms with E-state index in [-0.39, 0.29) is 40.6 Å². The SMILES string of the molecule is C=Cc1ccc(OS(=O)[O-])cc1.[Ca+2].[H-].[H-]. The average molecular weight is 225 g/mol. The molecule has 68 valence electrons. The van der Waals surface area contributed by atoms with Crippen LogP contribution in [0.4, 0.5) is 0 Å². The van der Waals surface area contributed by atoms with Crippen molar-refractivity contribution in [1.29, 1.82) is 0 Å². The molecular weight excluding hydrogens is 216 g/mol. The summed E-state index contributed by atoms with van der Waals surface area (Å²) < 4.78 is 24.6. The fourth-order valence-electron chi connectivity index (χ4n) is 0.738. The Bertz CT molecular complexity index is 305. The third-order valence-corrected chi connectivity index (χ3v) is 1.61. The Morgan fingerprint density at radius 3 is 2.38 bits per heavy atom. The van der Waals surface area contributed by atoms with Gasteiger partial charge in [0.05, 0.1) is 0 Å². The van der Waals surface area contributed by atoms with Gasteiger partial charge in [-0.3, -0.25) is 0 Å². The standard InChI is InChI=1S/C8H8O3S.Ca.2H/c1-2-7-3-5-8(6-4-7)11-12(9)10;;;/h2-6H,1H2,(H,9,10);;;/q;+2;2*-1/p-1.